The van der Waals surface area contributed by atoms with Crippen LogP contribution in [0, 0.1) is 20.8 Å². The number of nitrogens with zero attached hydrogens (tertiary/aromatic N) is 3. The summed E-state index contributed by atoms with van der Waals surface area (Å²) in [6, 6.07) is 54.3. The lowest BCUT2D eigenvalue weighted by molar-refractivity contribution is 0.332. The second kappa shape index (κ2) is 18.9. The standard InChI is InChI=1S/C82H96BN3/c1-49-41-70-74-71(42-49)86(67-36-31-57-56-25-23-24-26-58(56)82(21,22)72(57)73(67)77(10,11)12)68-46-55(84(65-34-27-52(43-50(65)2)75(4,5)6)66-35-28-53(44-51(66)3)76(7,8)9)30-33-63(68)83(74)64-47-61-62(81(19,20)40-39-80(61,17)18)48-69(64)85(70)54-29-32-59-60(45-54)79(15,16)38-37-78(59,13)14/h23-36,41-48H,37-40H2,1-22H3. The second-order valence-electron chi connectivity index (χ2n) is 33.4. The Kier molecular flexibility index (Phi) is 12.8. The molecule has 0 aromatic heterocycles. The summed E-state index contributed by atoms with van der Waals surface area (Å²) in [5.41, 5.74) is 34.4. The summed E-state index contributed by atoms with van der Waals surface area (Å²) in [6.07, 6.45) is 4.66. The molecule has 0 amide bonds. The molecule has 5 aliphatic rings. The molecule has 8 aromatic carbocycles. The minimum Gasteiger partial charge on any atom is -0.311 e. The van der Waals surface area contributed by atoms with Crippen molar-refractivity contribution in [3.8, 4) is 11.1 Å². The van der Waals surface area contributed by atoms with E-state index in [1.807, 2.05) is 0 Å². The summed E-state index contributed by atoms with van der Waals surface area (Å²) in [7, 11) is 0. The van der Waals surface area contributed by atoms with Crippen LogP contribution >= 0.6 is 0 Å². The third-order valence-corrected chi connectivity index (χ3v) is 21.8. The van der Waals surface area contributed by atoms with Crippen LogP contribution in [0.1, 0.15) is 224 Å². The molecule has 3 aliphatic carbocycles. The van der Waals surface area contributed by atoms with Gasteiger partial charge < -0.3 is 14.7 Å². The molecule has 2 aliphatic heterocycles. The topological polar surface area (TPSA) is 9.72 Å². The van der Waals surface area contributed by atoms with Crippen molar-refractivity contribution in [1.29, 1.82) is 0 Å². The molecule has 0 bridgehead atoms. The van der Waals surface area contributed by atoms with Gasteiger partial charge in [-0.25, -0.2) is 0 Å². The average molecular weight is 1130 g/mol. The Morgan fingerprint density at radius 2 is 0.930 bits per heavy atom. The Morgan fingerprint density at radius 3 is 1.49 bits per heavy atom. The lowest BCUT2D eigenvalue weighted by Crippen LogP contribution is -2.62. The summed E-state index contributed by atoms with van der Waals surface area (Å²) in [6.45, 7) is 53.2. The smallest absolute Gasteiger partial charge is 0.252 e. The van der Waals surface area contributed by atoms with Crippen molar-refractivity contribution < 1.29 is 0 Å². The summed E-state index contributed by atoms with van der Waals surface area (Å²) < 4.78 is 0. The average Bonchev–Trinajstić information content (AvgIpc) is 0.911. The number of anilines is 9. The highest BCUT2D eigenvalue weighted by atomic mass is 15.2. The summed E-state index contributed by atoms with van der Waals surface area (Å²) in [5.74, 6) is 0. The highest BCUT2D eigenvalue weighted by Crippen LogP contribution is 2.58. The number of benzene rings is 8. The number of aryl methyl sites for hydroxylation is 3. The van der Waals surface area contributed by atoms with Gasteiger partial charge in [0.05, 0.1) is 5.69 Å². The minimum absolute atomic E-state index is 0.00756. The van der Waals surface area contributed by atoms with Crippen molar-refractivity contribution >= 4 is 74.3 Å². The zero-order valence-corrected chi connectivity index (χ0v) is 56.4. The van der Waals surface area contributed by atoms with Crippen molar-refractivity contribution in [3.63, 3.8) is 0 Å². The van der Waals surface area contributed by atoms with E-state index < -0.39 is 0 Å². The predicted molar refractivity (Wildman–Crippen MR) is 374 cm³/mol. The molecule has 0 unspecified atom stereocenters. The lowest BCUT2D eigenvalue weighted by Gasteiger charge is -2.48. The van der Waals surface area contributed by atoms with Gasteiger partial charge in [0.1, 0.15) is 0 Å². The molecular formula is C82H96BN3. The van der Waals surface area contributed by atoms with Crippen molar-refractivity contribution in [2.24, 2.45) is 0 Å². The fourth-order valence-corrected chi connectivity index (χ4v) is 16.5. The molecule has 0 spiro atoms. The Balaban J connectivity index is 1.16. The first-order chi connectivity index (χ1) is 40.0. The summed E-state index contributed by atoms with van der Waals surface area (Å²) in [5, 5.41) is 0. The van der Waals surface area contributed by atoms with Gasteiger partial charge in [-0.1, -0.05) is 204 Å². The van der Waals surface area contributed by atoms with E-state index >= 15 is 0 Å². The molecule has 0 atom stereocenters. The van der Waals surface area contributed by atoms with Gasteiger partial charge in [-0.2, -0.15) is 0 Å². The molecule has 0 saturated heterocycles. The van der Waals surface area contributed by atoms with Crippen LogP contribution in [0.5, 0.6) is 0 Å². The van der Waals surface area contributed by atoms with Crippen LogP contribution in [0.2, 0.25) is 0 Å². The van der Waals surface area contributed by atoms with Crippen LogP contribution in [0.3, 0.4) is 0 Å². The van der Waals surface area contributed by atoms with Crippen LogP contribution in [-0.4, -0.2) is 6.71 Å². The van der Waals surface area contributed by atoms with Gasteiger partial charge in [0.15, 0.2) is 0 Å². The van der Waals surface area contributed by atoms with Crippen LogP contribution in [0.25, 0.3) is 11.1 Å². The molecule has 0 radical (unpaired) electrons. The third-order valence-electron chi connectivity index (χ3n) is 21.8. The highest BCUT2D eigenvalue weighted by molar-refractivity contribution is 7.00. The summed E-state index contributed by atoms with van der Waals surface area (Å²) in [4.78, 5) is 8.08. The van der Waals surface area contributed by atoms with E-state index in [9.17, 15) is 0 Å². The molecule has 86 heavy (non-hydrogen) atoms. The zero-order valence-electron chi connectivity index (χ0n) is 56.4. The molecule has 442 valence electrons. The normalized spacial score (nSPS) is 18.1. The van der Waals surface area contributed by atoms with Crippen LogP contribution < -0.4 is 31.1 Å². The van der Waals surface area contributed by atoms with E-state index in [-0.39, 0.29) is 50.0 Å². The van der Waals surface area contributed by atoms with Gasteiger partial charge >= 0.3 is 0 Å². The van der Waals surface area contributed by atoms with Crippen LogP contribution in [0.4, 0.5) is 51.2 Å². The van der Waals surface area contributed by atoms with Gasteiger partial charge in [0.25, 0.3) is 6.71 Å². The largest absolute Gasteiger partial charge is 0.311 e. The molecule has 0 saturated carbocycles. The highest BCUT2D eigenvalue weighted by Gasteiger charge is 2.49. The molecule has 0 N–H and O–H groups in total. The number of hydrogen-bond acceptors (Lipinski definition) is 3. The van der Waals surface area contributed by atoms with E-state index in [4.69, 9.17) is 0 Å². The third kappa shape index (κ3) is 8.85. The fraction of sp³-hybridized carbons (Fsp3) is 0.415. The Labute approximate surface area is 518 Å². The summed E-state index contributed by atoms with van der Waals surface area (Å²) >= 11 is 0. The SMILES string of the molecule is Cc1cc2c3c(c1)N(c1ccc4c(c1C(C)(C)C)C(C)(C)c1ccccc1-4)c1cc(N(c4ccc(C(C)(C)C)cc4C)c4ccc(C(C)(C)C)cc4C)ccc1B3c1cc3c(cc1N2c1ccc2c(c1)C(C)(C)CCC2(C)C)C(C)(C)CCC3(C)C. The second-order valence-corrected chi connectivity index (χ2v) is 33.4. The molecule has 0 fully saturated rings. The van der Waals surface area contributed by atoms with E-state index in [1.165, 1.54) is 153 Å². The van der Waals surface area contributed by atoms with E-state index in [0.717, 1.165) is 18.5 Å². The first-order valence-corrected chi connectivity index (χ1v) is 32.5. The molecule has 13 rings (SSSR count). The van der Waals surface area contributed by atoms with Crippen molar-refractivity contribution in [2.45, 2.75) is 221 Å². The van der Waals surface area contributed by atoms with E-state index in [2.05, 4.69) is 300 Å². The monoisotopic (exact) mass is 1130 g/mol. The maximum absolute atomic E-state index is 2.76. The zero-order chi connectivity index (χ0) is 61.7. The number of fused-ring (bicyclic) bond motifs is 9. The van der Waals surface area contributed by atoms with Crippen molar-refractivity contribution in [2.75, 3.05) is 14.7 Å². The van der Waals surface area contributed by atoms with Crippen molar-refractivity contribution in [3.05, 3.63) is 200 Å². The molecule has 2 heterocycles. The van der Waals surface area contributed by atoms with Gasteiger partial charge in [-0.05, 0) is 239 Å². The predicted octanol–water partition coefficient (Wildman–Crippen LogP) is 21.1. The van der Waals surface area contributed by atoms with E-state index in [0.29, 0.717) is 0 Å². The Morgan fingerprint density at radius 1 is 0.407 bits per heavy atom. The van der Waals surface area contributed by atoms with Crippen LogP contribution in [0.15, 0.2) is 133 Å². The van der Waals surface area contributed by atoms with Gasteiger partial charge in [0.2, 0.25) is 0 Å². The quantitative estimate of drug-likeness (QED) is 0.159. The molecule has 8 aromatic rings. The minimum atomic E-state index is -0.234. The lowest BCUT2D eigenvalue weighted by atomic mass is 9.33. The Bertz CT molecular complexity index is 4090. The number of hydrogen-bond donors (Lipinski definition) is 0. The first-order valence-electron chi connectivity index (χ1n) is 32.5. The van der Waals surface area contributed by atoms with Gasteiger partial charge in [-0.3, -0.25) is 0 Å². The molecule has 4 heteroatoms. The van der Waals surface area contributed by atoms with Gasteiger partial charge in [-0.15, -0.1) is 0 Å². The maximum atomic E-state index is 2.76. The van der Waals surface area contributed by atoms with Gasteiger partial charge in [0, 0.05) is 50.9 Å². The molecule has 3 nitrogen and oxygen atoms in total. The van der Waals surface area contributed by atoms with Crippen LogP contribution in [-0.2, 0) is 43.3 Å². The first kappa shape index (κ1) is 58.3. The number of rotatable bonds is 5. The Hall–Kier alpha value is -6.78. The maximum Gasteiger partial charge on any atom is 0.252 e. The van der Waals surface area contributed by atoms with E-state index in [1.54, 1.807) is 0 Å². The van der Waals surface area contributed by atoms with Crippen molar-refractivity contribution in [1.82, 2.24) is 0 Å². The molecular weight excluding hydrogens is 1040 g/mol. The fourth-order valence-electron chi connectivity index (χ4n) is 16.5.